The van der Waals surface area contributed by atoms with Gasteiger partial charge in [0.2, 0.25) is 0 Å². The van der Waals surface area contributed by atoms with E-state index in [1.165, 1.54) is 19.4 Å². The summed E-state index contributed by atoms with van der Waals surface area (Å²) in [7, 11) is 0. The standard InChI is InChI=1S/C12H23NO2/c1-10(2)11-6-5-9-13(11)8-4-3-7-12(14)15/h10-11H,3-9H2,1-2H3,(H,14,15). The maximum absolute atomic E-state index is 10.4. The van der Waals surface area contributed by atoms with E-state index in [4.69, 9.17) is 5.11 Å². The van der Waals surface area contributed by atoms with Crippen LogP contribution in [0.4, 0.5) is 0 Å². The third-order valence-corrected chi connectivity index (χ3v) is 3.27. The molecule has 1 unspecified atom stereocenters. The van der Waals surface area contributed by atoms with Crippen LogP contribution in [0.1, 0.15) is 46.0 Å². The second kappa shape index (κ2) is 6.11. The normalized spacial score (nSPS) is 22.5. The summed E-state index contributed by atoms with van der Waals surface area (Å²) < 4.78 is 0. The van der Waals surface area contributed by atoms with Gasteiger partial charge < -0.3 is 10.0 Å². The molecule has 0 amide bonds. The first-order valence-electron chi connectivity index (χ1n) is 6.07. The minimum atomic E-state index is -0.670. The Morgan fingerprint density at radius 1 is 1.47 bits per heavy atom. The minimum absolute atomic E-state index is 0.320. The van der Waals surface area contributed by atoms with Gasteiger partial charge in [-0.1, -0.05) is 13.8 Å². The Morgan fingerprint density at radius 3 is 2.80 bits per heavy atom. The summed E-state index contributed by atoms with van der Waals surface area (Å²) in [5.74, 6) is 0.0591. The molecule has 15 heavy (non-hydrogen) atoms. The van der Waals surface area contributed by atoms with Crippen LogP contribution in [0.15, 0.2) is 0 Å². The molecule has 3 heteroatoms. The average Bonchev–Trinajstić information content (AvgIpc) is 2.60. The summed E-state index contributed by atoms with van der Waals surface area (Å²) in [6, 6.07) is 0.731. The smallest absolute Gasteiger partial charge is 0.303 e. The topological polar surface area (TPSA) is 40.5 Å². The van der Waals surface area contributed by atoms with Gasteiger partial charge in [0.1, 0.15) is 0 Å². The number of rotatable bonds is 6. The van der Waals surface area contributed by atoms with Crippen molar-refractivity contribution in [2.24, 2.45) is 5.92 Å². The van der Waals surface area contributed by atoms with E-state index in [0.29, 0.717) is 6.42 Å². The molecule has 0 radical (unpaired) electrons. The highest BCUT2D eigenvalue weighted by Crippen LogP contribution is 2.23. The second-order valence-electron chi connectivity index (χ2n) is 4.84. The van der Waals surface area contributed by atoms with Gasteiger partial charge in [0, 0.05) is 12.5 Å². The quantitative estimate of drug-likeness (QED) is 0.689. The zero-order valence-corrected chi connectivity index (χ0v) is 9.91. The number of carboxylic acid groups (broad SMARTS) is 1. The van der Waals surface area contributed by atoms with Crippen LogP contribution in [-0.4, -0.2) is 35.1 Å². The Hall–Kier alpha value is -0.570. The fourth-order valence-corrected chi connectivity index (χ4v) is 2.48. The van der Waals surface area contributed by atoms with Crippen molar-refractivity contribution in [3.8, 4) is 0 Å². The maximum atomic E-state index is 10.4. The summed E-state index contributed by atoms with van der Waals surface area (Å²) in [4.78, 5) is 12.9. The van der Waals surface area contributed by atoms with Crippen LogP contribution in [0.2, 0.25) is 0 Å². The lowest BCUT2D eigenvalue weighted by molar-refractivity contribution is -0.137. The molecule has 0 aromatic rings. The SMILES string of the molecule is CC(C)C1CCCN1CCCCC(=O)O. The molecule has 1 atom stereocenters. The predicted octanol–water partition coefficient (Wildman–Crippen LogP) is 2.36. The summed E-state index contributed by atoms with van der Waals surface area (Å²) in [6.45, 7) is 6.84. The third-order valence-electron chi connectivity index (χ3n) is 3.27. The van der Waals surface area contributed by atoms with Gasteiger partial charge in [-0.3, -0.25) is 4.79 Å². The summed E-state index contributed by atoms with van der Waals surface area (Å²) in [5, 5.41) is 8.53. The van der Waals surface area contributed by atoms with Gasteiger partial charge in [-0.25, -0.2) is 0 Å². The van der Waals surface area contributed by atoms with Gasteiger partial charge in [0.25, 0.3) is 0 Å². The molecule has 1 heterocycles. The molecule has 88 valence electrons. The fourth-order valence-electron chi connectivity index (χ4n) is 2.48. The number of hydrogen-bond donors (Lipinski definition) is 1. The first kappa shape index (κ1) is 12.5. The number of likely N-dealkylation sites (tertiary alicyclic amines) is 1. The van der Waals surface area contributed by atoms with Crippen LogP contribution in [0.5, 0.6) is 0 Å². The molecule has 1 N–H and O–H groups in total. The van der Waals surface area contributed by atoms with Crippen molar-refractivity contribution in [1.82, 2.24) is 4.90 Å². The molecule has 1 aliphatic rings. The Balaban J connectivity index is 2.17. The zero-order chi connectivity index (χ0) is 11.3. The van der Waals surface area contributed by atoms with Crippen LogP contribution >= 0.6 is 0 Å². The van der Waals surface area contributed by atoms with Gasteiger partial charge in [-0.2, -0.15) is 0 Å². The van der Waals surface area contributed by atoms with Crippen LogP contribution in [0.3, 0.4) is 0 Å². The van der Waals surface area contributed by atoms with Gasteiger partial charge >= 0.3 is 5.97 Å². The first-order valence-corrected chi connectivity index (χ1v) is 6.07. The van der Waals surface area contributed by atoms with Gasteiger partial charge in [0.15, 0.2) is 0 Å². The van der Waals surface area contributed by atoms with Crippen molar-refractivity contribution >= 4 is 5.97 Å². The van der Waals surface area contributed by atoms with E-state index in [1.54, 1.807) is 0 Å². The number of carbonyl (C=O) groups is 1. The van der Waals surface area contributed by atoms with Crippen molar-refractivity contribution in [3.05, 3.63) is 0 Å². The number of nitrogens with zero attached hydrogens (tertiary/aromatic N) is 1. The highest BCUT2D eigenvalue weighted by molar-refractivity contribution is 5.66. The largest absolute Gasteiger partial charge is 0.481 e. The number of unbranched alkanes of at least 4 members (excludes halogenated alkanes) is 1. The average molecular weight is 213 g/mol. The van der Waals surface area contributed by atoms with Crippen molar-refractivity contribution in [1.29, 1.82) is 0 Å². The molecular weight excluding hydrogens is 190 g/mol. The monoisotopic (exact) mass is 213 g/mol. The minimum Gasteiger partial charge on any atom is -0.481 e. The van der Waals surface area contributed by atoms with E-state index in [9.17, 15) is 4.79 Å². The highest BCUT2D eigenvalue weighted by atomic mass is 16.4. The molecule has 0 spiro atoms. The van der Waals surface area contributed by atoms with Gasteiger partial charge in [-0.05, 0) is 44.7 Å². The number of hydrogen-bond acceptors (Lipinski definition) is 2. The summed E-state index contributed by atoms with van der Waals surface area (Å²) >= 11 is 0. The lowest BCUT2D eigenvalue weighted by atomic mass is 10.0. The van der Waals surface area contributed by atoms with E-state index in [-0.39, 0.29) is 0 Å². The van der Waals surface area contributed by atoms with Crippen molar-refractivity contribution < 1.29 is 9.90 Å². The van der Waals surface area contributed by atoms with Crippen LogP contribution in [-0.2, 0) is 4.79 Å². The van der Waals surface area contributed by atoms with E-state index in [2.05, 4.69) is 18.7 Å². The van der Waals surface area contributed by atoms with Crippen LogP contribution in [0.25, 0.3) is 0 Å². The second-order valence-corrected chi connectivity index (χ2v) is 4.84. The Labute approximate surface area is 92.5 Å². The summed E-state index contributed by atoms with van der Waals surface area (Å²) in [5.41, 5.74) is 0. The van der Waals surface area contributed by atoms with Gasteiger partial charge in [-0.15, -0.1) is 0 Å². The Kier molecular flexibility index (Phi) is 5.09. The lowest BCUT2D eigenvalue weighted by Gasteiger charge is -2.27. The van der Waals surface area contributed by atoms with Gasteiger partial charge in [0.05, 0.1) is 0 Å². The maximum Gasteiger partial charge on any atom is 0.303 e. The highest BCUT2D eigenvalue weighted by Gasteiger charge is 2.26. The predicted molar refractivity (Wildman–Crippen MR) is 60.9 cm³/mol. The molecule has 1 fully saturated rings. The zero-order valence-electron chi connectivity index (χ0n) is 9.91. The molecule has 0 aromatic carbocycles. The lowest BCUT2D eigenvalue weighted by Crippen LogP contribution is -2.34. The Morgan fingerprint density at radius 2 is 2.20 bits per heavy atom. The van der Waals surface area contributed by atoms with Crippen molar-refractivity contribution in [3.63, 3.8) is 0 Å². The van der Waals surface area contributed by atoms with E-state index >= 15 is 0 Å². The molecule has 3 nitrogen and oxygen atoms in total. The first-order chi connectivity index (χ1) is 7.11. The molecule has 1 aliphatic heterocycles. The number of aliphatic carboxylic acids is 1. The summed E-state index contributed by atoms with van der Waals surface area (Å²) in [6.07, 6.45) is 4.78. The Bertz CT molecular complexity index is 204. The van der Waals surface area contributed by atoms with E-state index in [0.717, 1.165) is 31.3 Å². The third kappa shape index (κ3) is 4.20. The molecule has 0 aromatic heterocycles. The molecule has 0 aliphatic carbocycles. The molecule has 1 rings (SSSR count). The van der Waals surface area contributed by atoms with Crippen LogP contribution in [0, 0.1) is 5.92 Å². The van der Waals surface area contributed by atoms with Crippen molar-refractivity contribution in [2.75, 3.05) is 13.1 Å². The van der Waals surface area contributed by atoms with Crippen molar-refractivity contribution in [2.45, 2.75) is 52.0 Å². The fraction of sp³-hybridized carbons (Fsp3) is 0.917. The molecule has 1 saturated heterocycles. The molecular formula is C12H23NO2. The molecule has 0 saturated carbocycles. The molecule has 0 bridgehead atoms. The van der Waals surface area contributed by atoms with Crippen LogP contribution < -0.4 is 0 Å². The van der Waals surface area contributed by atoms with E-state index < -0.39 is 5.97 Å². The van der Waals surface area contributed by atoms with E-state index in [1.807, 2.05) is 0 Å². The number of carboxylic acids is 1.